The molecule has 0 aromatic carbocycles. The lowest BCUT2D eigenvalue weighted by molar-refractivity contribution is -0.121. The summed E-state index contributed by atoms with van der Waals surface area (Å²) in [5.74, 6) is 1.52. The van der Waals surface area contributed by atoms with Crippen LogP contribution < -0.4 is 4.90 Å². The van der Waals surface area contributed by atoms with Crippen LogP contribution in [-0.4, -0.2) is 23.9 Å². The largest absolute Gasteiger partial charge is 0.356 e. The highest BCUT2D eigenvalue weighted by Crippen LogP contribution is 2.30. The van der Waals surface area contributed by atoms with Gasteiger partial charge in [0.15, 0.2) is 0 Å². The van der Waals surface area contributed by atoms with Crippen LogP contribution in [0.25, 0.3) is 0 Å². The van der Waals surface area contributed by atoms with E-state index in [4.69, 9.17) is 0 Å². The van der Waals surface area contributed by atoms with Crippen molar-refractivity contribution in [2.45, 2.75) is 19.8 Å². The average molecular weight is 362 g/mol. The first-order valence-electron chi connectivity index (χ1n) is 5.64. The summed E-state index contributed by atoms with van der Waals surface area (Å²) in [7, 11) is 0. The number of aromatic nitrogens is 1. The molecular weight excluding hydrogens is 348 g/mol. The number of nitrogens with zero attached hydrogens (tertiary/aromatic N) is 2. The maximum atomic E-state index is 11.3. The van der Waals surface area contributed by atoms with Gasteiger partial charge in [-0.25, -0.2) is 4.98 Å². The summed E-state index contributed by atoms with van der Waals surface area (Å²) in [6, 6.07) is 2.00. The molecule has 0 saturated carbocycles. The molecule has 92 valence electrons. The van der Waals surface area contributed by atoms with E-state index in [0.717, 1.165) is 40.7 Å². The van der Waals surface area contributed by atoms with E-state index < -0.39 is 0 Å². The quantitative estimate of drug-likeness (QED) is 0.809. The molecule has 2 rings (SSSR count). The Bertz CT molecular complexity index is 429. The highest BCUT2D eigenvalue weighted by Gasteiger charge is 2.24. The van der Waals surface area contributed by atoms with Crippen LogP contribution in [0.1, 0.15) is 19.8 Å². The van der Waals surface area contributed by atoms with E-state index in [2.05, 4.69) is 41.7 Å². The standard InChI is InChI=1S/C12H14Br2N2O/c1-8(17)9-2-4-16(5-3-9)12-11(14)6-10(13)7-15-12/h6-7,9H,2-5H2,1H3. The molecule has 3 nitrogen and oxygen atoms in total. The Labute approximate surface area is 118 Å². The smallest absolute Gasteiger partial charge is 0.142 e. The number of anilines is 1. The number of hydrogen-bond acceptors (Lipinski definition) is 3. The Morgan fingerprint density at radius 2 is 2.06 bits per heavy atom. The Kier molecular flexibility index (Phi) is 4.20. The van der Waals surface area contributed by atoms with Gasteiger partial charge in [0.05, 0.1) is 4.47 Å². The molecule has 2 heterocycles. The number of carbonyl (C=O) groups excluding carboxylic acids is 1. The second-order valence-electron chi connectivity index (χ2n) is 4.33. The Hall–Kier alpha value is -0.420. The second-order valence-corrected chi connectivity index (χ2v) is 6.10. The zero-order valence-electron chi connectivity index (χ0n) is 9.62. The minimum Gasteiger partial charge on any atom is -0.356 e. The fourth-order valence-corrected chi connectivity index (χ4v) is 3.38. The average Bonchev–Trinajstić information content (AvgIpc) is 2.29. The number of pyridine rings is 1. The molecule has 0 spiro atoms. The van der Waals surface area contributed by atoms with Crippen molar-refractivity contribution >= 4 is 43.5 Å². The summed E-state index contributed by atoms with van der Waals surface area (Å²) in [5.41, 5.74) is 0. The molecule has 1 aromatic heterocycles. The van der Waals surface area contributed by atoms with Gasteiger partial charge >= 0.3 is 0 Å². The van der Waals surface area contributed by atoms with Crippen molar-refractivity contribution in [3.63, 3.8) is 0 Å². The maximum Gasteiger partial charge on any atom is 0.142 e. The zero-order chi connectivity index (χ0) is 12.4. The minimum absolute atomic E-state index is 0.237. The fourth-order valence-electron chi connectivity index (χ4n) is 2.14. The maximum absolute atomic E-state index is 11.3. The first-order chi connectivity index (χ1) is 8.08. The van der Waals surface area contributed by atoms with E-state index in [1.165, 1.54) is 0 Å². The SMILES string of the molecule is CC(=O)C1CCN(c2ncc(Br)cc2Br)CC1. The molecule has 0 unspecified atom stereocenters. The third-order valence-electron chi connectivity index (χ3n) is 3.16. The fraction of sp³-hybridized carbons (Fsp3) is 0.500. The van der Waals surface area contributed by atoms with Crippen LogP contribution in [0.5, 0.6) is 0 Å². The van der Waals surface area contributed by atoms with E-state index in [1.54, 1.807) is 13.1 Å². The van der Waals surface area contributed by atoms with Crippen molar-refractivity contribution in [2.75, 3.05) is 18.0 Å². The normalized spacial score (nSPS) is 17.2. The monoisotopic (exact) mass is 360 g/mol. The van der Waals surface area contributed by atoms with E-state index in [1.807, 2.05) is 6.07 Å². The van der Waals surface area contributed by atoms with Gasteiger partial charge in [-0.05, 0) is 57.7 Å². The molecule has 1 aromatic rings. The van der Waals surface area contributed by atoms with Gasteiger partial charge in [0.2, 0.25) is 0 Å². The third-order valence-corrected chi connectivity index (χ3v) is 4.18. The molecule has 17 heavy (non-hydrogen) atoms. The highest BCUT2D eigenvalue weighted by atomic mass is 79.9. The van der Waals surface area contributed by atoms with Gasteiger partial charge in [-0.3, -0.25) is 4.79 Å². The molecule has 1 aliphatic rings. The second kappa shape index (κ2) is 5.48. The molecule has 0 radical (unpaired) electrons. The van der Waals surface area contributed by atoms with Crippen LogP contribution in [-0.2, 0) is 4.79 Å². The van der Waals surface area contributed by atoms with E-state index in [9.17, 15) is 4.79 Å². The molecule has 0 bridgehead atoms. The number of rotatable bonds is 2. The molecular formula is C12H14Br2N2O. The number of hydrogen-bond donors (Lipinski definition) is 0. The van der Waals surface area contributed by atoms with Crippen LogP contribution in [0.15, 0.2) is 21.2 Å². The predicted molar refractivity (Wildman–Crippen MR) is 75.3 cm³/mol. The molecule has 1 saturated heterocycles. The summed E-state index contributed by atoms with van der Waals surface area (Å²) in [5, 5.41) is 0. The molecule has 1 fully saturated rings. The lowest BCUT2D eigenvalue weighted by Crippen LogP contribution is -2.36. The van der Waals surface area contributed by atoms with Crippen molar-refractivity contribution in [1.29, 1.82) is 0 Å². The van der Waals surface area contributed by atoms with Crippen molar-refractivity contribution < 1.29 is 4.79 Å². The van der Waals surface area contributed by atoms with Gasteiger partial charge in [-0.2, -0.15) is 0 Å². The lowest BCUT2D eigenvalue weighted by atomic mass is 9.93. The van der Waals surface area contributed by atoms with Gasteiger partial charge < -0.3 is 4.90 Å². The Morgan fingerprint density at radius 1 is 1.41 bits per heavy atom. The number of piperidine rings is 1. The third kappa shape index (κ3) is 3.07. The topological polar surface area (TPSA) is 33.2 Å². The number of ketones is 1. The van der Waals surface area contributed by atoms with Crippen LogP contribution in [0, 0.1) is 5.92 Å². The van der Waals surface area contributed by atoms with Crippen LogP contribution in [0.4, 0.5) is 5.82 Å². The van der Waals surface area contributed by atoms with Gasteiger partial charge in [0.25, 0.3) is 0 Å². The predicted octanol–water partition coefficient (Wildman–Crippen LogP) is 3.41. The number of halogens is 2. The van der Waals surface area contributed by atoms with Crippen LogP contribution >= 0.6 is 31.9 Å². The van der Waals surface area contributed by atoms with E-state index >= 15 is 0 Å². The van der Waals surface area contributed by atoms with Gasteiger partial charge in [0.1, 0.15) is 11.6 Å². The molecule has 0 amide bonds. The Balaban J connectivity index is 2.08. The molecule has 1 aliphatic heterocycles. The summed E-state index contributed by atoms with van der Waals surface area (Å²) in [6.45, 7) is 3.49. The van der Waals surface area contributed by atoms with E-state index in [-0.39, 0.29) is 5.92 Å². The Morgan fingerprint density at radius 3 is 2.59 bits per heavy atom. The van der Waals surface area contributed by atoms with Crippen LogP contribution in [0.2, 0.25) is 0 Å². The molecule has 0 aliphatic carbocycles. The summed E-state index contributed by atoms with van der Waals surface area (Å²) < 4.78 is 1.96. The van der Waals surface area contributed by atoms with E-state index in [0.29, 0.717) is 5.78 Å². The van der Waals surface area contributed by atoms with Crippen molar-refractivity contribution in [2.24, 2.45) is 5.92 Å². The van der Waals surface area contributed by atoms with Gasteiger partial charge in [-0.15, -0.1) is 0 Å². The summed E-state index contributed by atoms with van der Waals surface area (Å²) in [4.78, 5) is 18.0. The van der Waals surface area contributed by atoms with Crippen molar-refractivity contribution in [3.8, 4) is 0 Å². The van der Waals surface area contributed by atoms with Gasteiger partial charge in [-0.1, -0.05) is 0 Å². The first kappa shape index (κ1) is 13.0. The summed E-state index contributed by atoms with van der Waals surface area (Å²) >= 11 is 6.92. The van der Waals surface area contributed by atoms with Crippen molar-refractivity contribution in [3.05, 3.63) is 21.2 Å². The summed E-state index contributed by atoms with van der Waals surface area (Å²) in [6.07, 6.45) is 3.66. The van der Waals surface area contributed by atoms with Crippen molar-refractivity contribution in [1.82, 2.24) is 4.98 Å². The lowest BCUT2D eigenvalue weighted by Gasteiger charge is -2.32. The highest BCUT2D eigenvalue weighted by molar-refractivity contribution is 9.11. The first-order valence-corrected chi connectivity index (χ1v) is 7.23. The zero-order valence-corrected chi connectivity index (χ0v) is 12.8. The number of carbonyl (C=O) groups is 1. The number of Topliss-reactive ketones (excluding diaryl/α,β-unsaturated/α-hetero) is 1. The van der Waals surface area contributed by atoms with Gasteiger partial charge in [0, 0.05) is 29.7 Å². The van der Waals surface area contributed by atoms with Crippen LogP contribution in [0.3, 0.4) is 0 Å². The molecule has 0 atom stereocenters. The molecule has 5 heteroatoms. The molecule has 0 N–H and O–H groups in total. The minimum atomic E-state index is 0.237.